The van der Waals surface area contributed by atoms with Gasteiger partial charge in [0.1, 0.15) is 12.4 Å². The van der Waals surface area contributed by atoms with Crippen LogP contribution < -0.4 is 0 Å². The maximum Gasteiger partial charge on any atom is 0.189 e. The van der Waals surface area contributed by atoms with Crippen molar-refractivity contribution in [2.24, 2.45) is 0 Å². The summed E-state index contributed by atoms with van der Waals surface area (Å²) in [6.45, 7) is -0.107. The monoisotopic (exact) mass is 194 g/mol. The van der Waals surface area contributed by atoms with Crippen molar-refractivity contribution in [3.05, 3.63) is 29.3 Å². The van der Waals surface area contributed by atoms with E-state index in [0.29, 0.717) is 6.29 Å². The smallest absolute Gasteiger partial charge is 0.189 e. The Bertz CT molecular complexity index is 357. The summed E-state index contributed by atoms with van der Waals surface area (Å²) in [6.07, 6.45) is 0.457. The average molecular weight is 194 g/mol. The molecular formula is C10H10O4. The van der Waals surface area contributed by atoms with Crippen LogP contribution in [0.3, 0.4) is 0 Å². The molecule has 0 bridgehead atoms. The van der Waals surface area contributed by atoms with Crippen molar-refractivity contribution in [1.82, 2.24) is 0 Å². The van der Waals surface area contributed by atoms with Gasteiger partial charge >= 0.3 is 0 Å². The van der Waals surface area contributed by atoms with E-state index in [4.69, 9.17) is 0 Å². The fraction of sp³-hybridized carbons (Fsp3) is 0.200. The number of hydrogen-bond acceptors (Lipinski definition) is 4. The number of benzene rings is 1. The Morgan fingerprint density at radius 1 is 1.57 bits per heavy atom. The van der Waals surface area contributed by atoms with Crippen molar-refractivity contribution in [3.63, 3.8) is 0 Å². The highest BCUT2D eigenvalue weighted by atomic mass is 16.5. The number of phenolic OH excluding ortho intramolecular Hbond substituents is 1. The Morgan fingerprint density at radius 2 is 2.29 bits per heavy atom. The predicted octanol–water partition coefficient (Wildman–Crippen LogP) is 1.03. The molecule has 0 radical (unpaired) electrons. The summed E-state index contributed by atoms with van der Waals surface area (Å²) < 4.78 is 4.65. The zero-order valence-corrected chi connectivity index (χ0v) is 7.69. The number of phenols is 1. The summed E-state index contributed by atoms with van der Waals surface area (Å²) in [7, 11) is 1.39. The summed E-state index contributed by atoms with van der Waals surface area (Å²) in [5.41, 5.74) is 0.191. The molecule has 0 saturated heterocycles. The first-order valence-electron chi connectivity index (χ1n) is 4.00. The zero-order chi connectivity index (χ0) is 10.6. The summed E-state index contributed by atoms with van der Waals surface area (Å²) >= 11 is 0. The number of aldehydes is 1. The van der Waals surface area contributed by atoms with E-state index in [9.17, 15) is 14.7 Å². The van der Waals surface area contributed by atoms with Crippen LogP contribution in [-0.4, -0.2) is 30.9 Å². The molecule has 0 aliphatic carbocycles. The van der Waals surface area contributed by atoms with Crippen LogP contribution in [0.2, 0.25) is 0 Å². The number of rotatable bonds is 4. The molecule has 0 heterocycles. The van der Waals surface area contributed by atoms with Gasteiger partial charge in [0, 0.05) is 12.7 Å². The summed E-state index contributed by atoms with van der Waals surface area (Å²) in [5.74, 6) is -0.521. The Hall–Kier alpha value is -1.68. The molecule has 0 spiro atoms. The average Bonchev–Trinajstić information content (AvgIpc) is 2.17. The van der Waals surface area contributed by atoms with Gasteiger partial charge in [-0.15, -0.1) is 0 Å². The van der Waals surface area contributed by atoms with Crippen molar-refractivity contribution >= 4 is 12.1 Å². The molecule has 1 N–H and O–H groups in total. The van der Waals surface area contributed by atoms with E-state index in [-0.39, 0.29) is 29.3 Å². The first-order valence-corrected chi connectivity index (χ1v) is 4.00. The molecule has 0 atom stereocenters. The molecule has 4 nitrogen and oxygen atoms in total. The highest BCUT2D eigenvalue weighted by Gasteiger charge is 2.13. The van der Waals surface area contributed by atoms with E-state index < -0.39 is 0 Å². The maximum absolute atomic E-state index is 11.4. The second-order valence-corrected chi connectivity index (χ2v) is 2.71. The Kier molecular flexibility index (Phi) is 3.36. The van der Waals surface area contributed by atoms with E-state index >= 15 is 0 Å². The van der Waals surface area contributed by atoms with E-state index in [1.807, 2.05) is 0 Å². The van der Waals surface area contributed by atoms with Gasteiger partial charge in [-0.2, -0.15) is 0 Å². The number of carbonyl (C=O) groups is 2. The fourth-order valence-corrected chi connectivity index (χ4v) is 1.13. The van der Waals surface area contributed by atoms with Gasteiger partial charge in [-0.3, -0.25) is 9.59 Å². The van der Waals surface area contributed by atoms with Gasteiger partial charge in [-0.25, -0.2) is 0 Å². The minimum Gasteiger partial charge on any atom is -0.507 e. The third-order valence-electron chi connectivity index (χ3n) is 1.78. The van der Waals surface area contributed by atoms with Gasteiger partial charge in [0.2, 0.25) is 0 Å². The number of aromatic hydroxyl groups is 1. The van der Waals surface area contributed by atoms with Gasteiger partial charge in [0.05, 0.1) is 5.56 Å². The minimum absolute atomic E-state index is 0.00884. The second-order valence-electron chi connectivity index (χ2n) is 2.71. The molecule has 0 saturated carbocycles. The molecule has 0 amide bonds. The summed E-state index contributed by atoms with van der Waals surface area (Å²) in [5, 5.41) is 9.28. The number of hydrogen-bond donors (Lipinski definition) is 1. The van der Waals surface area contributed by atoms with Crippen LogP contribution in [-0.2, 0) is 4.74 Å². The van der Waals surface area contributed by atoms with Crippen molar-refractivity contribution in [1.29, 1.82) is 0 Å². The number of methoxy groups -OCH3 is 1. The standard InChI is InChI=1S/C10H10O4/c1-14-6-10(13)7-3-2-4-9(12)8(7)5-11/h2-5,12H,6H2,1H3. The van der Waals surface area contributed by atoms with Crippen LogP contribution in [0.1, 0.15) is 20.7 Å². The van der Waals surface area contributed by atoms with Gasteiger partial charge in [0.15, 0.2) is 12.1 Å². The quantitative estimate of drug-likeness (QED) is 0.574. The zero-order valence-electron chi connectivity index (χ0n) is 7.69. The van der Waals surface area contributed by atoms with Crippen LogP contribution in [0.15, 0.2) is 18.2 Å². The highest BCUT2D eigenvalue weighted by Crippen LogP contribution is 2.19. The minimum atomic E-state index is -0.328. The topological polar surface area (TPSA) is 63.6 Å². The summed E-state index contributed by atoms with van der Waals surface area (Å²) in [6, 6.07) is 4.34. The largest absolute Gasteiger partial charge is 0.507 e. The Balaban J connectivity index is 3.13. The molecule has 1 aromatic carbocycles. The lowest BCUT2D eigenvalue weighted by Gasteiger charge is -2.04. The van der Waals surface area contributed by atoms with Crippen LogP contribution in [0, 0.1) is 0 Å². The van der Waals surface area contributed by atoms with Crippen LogP contribution in [0.25, 0.3) is 0 Å². The van der Waals surface area contributed by atoms with Gasteiger partial charge in [-0.05, 0) is 6.07 Å². The van der Waals surface area contributed by atoms with Crippen molar-refractivity contribution < 1.29 is 19.4 Å². The SMILES string of the molecule is COCC(=O)c1cccc(O)c1C=O. The van der Waals surface area contributed by atoms with Crippen LogP contribution in [0.5, 0.6) is 5.75 Å². The van der Waals surface area contributed by atoms with Crippen molar-refractivity contribution in [2.45, 2.75) is 0 Å². The van der Waals surface area contributed by atoms with Gasteiger partial charge in [0.25, 0.3) is 0 Å². The molecule has 0 aromatic heterocycles. The highest BCUT2D eigenvalue weighted by molar-refractivity contribution is 6.04. The molecule has 0 aliphatic rings. The fourth-order valence-electron chi connectivity index (χ4n) is 1.13. The number of ether oxygens (including phenoxy) is 1. The second kappa shape index (κ2) is 4.53. The summed E-state index contributed by atoms with van der Waals surface area (Å²) in [4.78, 5) is 22.0. The van der Waals surface area contributed by atoms with E-state index in [1.165, 1.54) is 25.3 Å². The van der Waals surface area contributed by atoms with Gasteiger partial charge in [-0.1, -0.05) is 12.1 Å². The first-order chi connectivity index (χ1) is 6.70. The molecular weight excluding hydrogens is 184 g/mol. The molecule has 0 unspecified atom stereocenters. The Labute approximate surface area is 81.1 Å². The molecule has 4 heteroatoms. The molecule has 0 aliphatic heterocycles. The Morgan fingerprint density at radius 3 is 2.86 bits per heavy atom. The third kappa shape index (κ3) is 1.97. The van der Waals surface area contributed by atoms with E-state index in [0.717, 1.165) is 0 Å². The third-order valence-corrected chi connectivity index (χ3v) is 1.78. The lowest BCUT2D eigenvalue weighted by Crippen LogP contribution is -2.09. The molecule has 14 heavy (non-hydrogen) atoms. The predicted molar refractivity (Wildman–Crippen MR) is 49.7 cm³/mol. The number of Topliss-reactive ketones (excluding diaryl/α,β-unsaturated/α-hetero) is 1. The lowest BCUT2D eigenvalue weighted by molar-refractivity contribution is 0.0844. The van der Waals surface area contributed by atoms with Crippen molar-refractivity contribution in [3.8, 4) is 5.75 Å². The molecule has 1 aromatic rings. The van der Waals surface area contributed by atoms with Crippen molar-refractivity contribution in [2.75, 3.05) is 13.7 Å². The van der Waals surface area contributed by atoms with Crippen LogP contribution in [0.4, 0.5) is 0 Å². The molecule has 1 rings (SSSR count). The molecule has 0 fully saturated rings. The number of ketones is 1. The van der Waals surface area contributed by atoms with E-state index in [1.54, 1.807) is 0 Å². The first kappa shape index (κ1) is 10.4. The normalized spacial score (nSPS) is 9.79. The van der Waals surface area contributed by atoms with Gasteiger partial charge < -0.3 is 9.84 Å². The van der Waals surface area contributed by atoms with Crippen LogP contribution >= 0.6 is 0 Å². The van der Waals surface area contributed by atoms with E-state index in [2.05, 4.69) is 4.74 Å². The number of carbonyl (C=O) groups excluding carboxylic acids is 2. The lowest BCUT2D eigenvalue weighted by atomic mass is 10.0. The maximum atomic E-state index is 11.4. The molecule has 74 valence electrons.